The van der Waals surface area contributed by atoms with Crippen LogP contribution in [-0.2, 0) is 26.2 Å². The third-order valence-electron chi connectivity index (χ3n) is 5.35. The molecule has 0 saturated carbocycles. The monoisotopic (exact) mass is 543 g/mol. The minimum Gasteiger partial charge on any atom is -0.486 e. The third kappa shape index (κ3) is 6.71. The summed E-state index contributed by atoms with van der Waals surface area (Å²) in [6.07, 6.45) is 1.01. The number of hydrogen-bond donors (Lipinski definition) is 1. The van der Waals surface area contributed by atoms with Gasteiger partial charge >= 0.3 is 0 Å². The Hall–Kier alpha value is -2.69. The first-order valence-corrected chi connectivity index (χ1v) is 13.5. The van der Waals surface area contributed by atoms with E-state index in [9.17, 15) is 18.0 Å². The molecule has 1 aliphatic heterocycles. The van der Waals surface area contributed by atoms with Gasteiger partial charge in [0.2, 0.25) is 21.8 Å². The fraction of sp³-hybridized carbons (Fsp3) is 0.391. The van der Waals surface area contributed by atoms with Crippen molar-refractivity contribution in [1.29, 1.82) is 0 Å². The Kier molecular flexibility index (Phi) is 8.74. The zero-order valence-corrected chi connectivity index (χ0v) is 21.9. The highest BCUT2D eigenvalue weighted by atomic mass is 35.5. The van der Waals surface area contributed by atoms with E-state index in [0.29, 0.717) is 46.9 Å². The maximum Gasteiger partial charge on any atom is 0.244 e. The standard InChI is InChI=1S/C23H27Cl2N3O6S/c1-4-26-23(30)15(2)27(13-16-5-7-18(24)19(25)11-16)22(29)14-28(35(3,31)32)17-6-8-20-21(12-17)34-10-9-33-20/h5-8,11-12,15H,4,9-10,13-14H2,1-3H3,(H,26,30)/t15-/m1/s1. The van der Waals surface area contributed by atoms with Crippen molar-refractivity contribution in [1.82, 2.24) is 10.2 Å². The fourth-order valence-electron chi connectivity index (χ4n) is 3.54. The number of ether oxygens (including phenoxy) is 2. The highest BCUT2D eigenvalue weighted by Crippen LogP contribution is 2.34. The number of sulfonamides is 1. The molecule has 0 fully saturated rings. The van der Waals surface area contributed by atoms with Crippen molar-refractivity contribution in [2.24, 2.45) is 0 Å². The first-order valence-electron chi connectivity index (χ1n) is 10.9. The van der Waals surface area contributed by atoms with E-state index in [-0.39, 0.29) is 18.1 Å². The molecule has 0 radical (unpaired) electrons. The molecule has 0 spiro atoms. The fourth-order valence-corrected chi connectivity index (χ4v) is 4.70. The van der Waals surface area contributed by atoms with Gasteiger partial charge in [0.05, 0.1) is 22.0 Å². The Balaban J connectivity index is 1.93. The van der Waals surface area contributed by atoms with E-state index in [1.807, 2.05) is 0 Å². The van der Waals surface area contributed by atoms with Gasteiger partial charge in [-0.15, -0.1) is 0 Å². The van der Waals surface area contributed by atoms with E-state index < -0.39 is 28.5 Å². The summed E-state index contributed by atoms with van der Waals surface area (Å²) < 4.78 is 37.4. The van der Waals surface area contributed by atoms with Crippen molar-refractivity contribution in [2.45, 2.75) is 26.4 Å². The molecular weight excluding hydrogens is 517 g/mol. The lowest BCUT2D eigenvalue weighted by Gasteiger charge is -2.31. The maximum absolute atomic E-state index is 13.5. The minimum absolute atomic E-state index is 0.0206. The molecule has 3 rings (SSSR count). The Morgan fingerprint density at radius 2 is 1.74 bits per heavy atom. The lowest BCUT2D eigenvalue weighted by Crippen LogP contribution is -2.51. The lowest BCUT2D eigenvalue weighted by molar-refractivity contribution is -0.139. The molecule has 2 amide bonds. The number of amides is 2. The normalized spacial score (nSPS) is 13.6. The second-order valence-corrected chi connectivity index (χ2v) is 10.7. The van der Waals surface area contributed by atoms with Crippen molar-refractivity contribution in [2.75, 3.05) is 36.9 Å². The molecule has 1 atom stereocenters. The molecule has 190 valence electrons. The molecule has 2 aromatic rings. The molecule has 0 unspecified atom stereocenters. The average Bonchev–Trinajstić information content (AvgIpc) is 2.81. The molecule has 1 N–H and O–H groups in total. The smallest absolute Gasteiger partial charge is 0.244 e. The van der Waals surface area contributed by atoms with Gasteiger partial charge < -0.3 is 19.7 Å². The highest BCUT2D eigenvalue weighted by molar-refractivity contribution is 7.92. The Bertz CT molecular complexity index is 1210. The zero-order chi connectivity index (χ0) is 25.8. The number of anilines is 1. The number of hydrogen-bond acceptors (Lipinski definition) is 6. The molecule has 0 saturated heterocycles. The second kappa shape index (κ2) is 11.4. The van der Waals surface area contributed by atoms with Crippen LogP contribution < -0.4 is 19.1 Å². The molecule has 12 heteroatoms. The van der Waals surface area contributed by atoms with Crippen molar-refractivity contribution < 1.29 is 27.5 Å². The van der Waals surface area contributed by atoms with Crippen LogP contribution in [0.1, 0.15) is 19.4 Å². The molecule has 0 aromatic heterocycles. The Morgan fingerprint density at radius 1 is 1.06 bits per heavy atom. The topological polar surface area (TPSA) is 105 Å². The number of carbonyl (C=O) groups is 2. The summed E-state index contributed by atoms with van der Waals surface area (Å²) >= 11 is 12.1. The summed E-state index contributed by atoms with van der Waals surface area (Å²) in [4.78, 5) is 27.4. The number of nitrogens with one attached hydrogen (secondary N) is 1. The summed E-state index contributed by atoms with van der Waals surface area (Å²) in [5.41, 5.74) is 0.874. The van der Waals surface area contributed by atoms with Crippen molar-refractivity contribution in [3.05, 3.63) is 52.0 Å². The summed E-state index contributed by atoms with van der Waals surface area (Å²) in [5, 5.41) is 3.35. The van der Waals surface area contributed by atoms with Crippen LogP contribution in [0.5, 0.6) is 11.5 Å². The van der Waals surface area contributed by atoms with Gasteiger partial charge in [-0.3, -0.25) is 13.9 Å². The van der Waals surface area contributed by atoms with Crippen molar-refractivity contribution >= 4 is 50.7 Å². The average molecular weight is 544 g/mol. The predicted molar refractivity (Wildman–Crippen MR) is 135 cm³/mol. The molecular formula is C23H27Cl2N3O6S. The number of nitrogens with zero attached hydrogens (tertiary/aromatic N) is 2. The van der Waals surface area contributed by atoms with Gasteiger partial charge in [0.25, 0.3) is 0 Å². The minimum atomic E-state index is -3.86. The largest absolute Gasteiger partial charge is 0.486 e. The maximum atomic E-state index is 13.5. The molecule has 9 nitrogen and oxygen atoms in total. The van der Waals surface area contributed by atoms with E-state index in [2.05, 4.69) is 5.32 Å². The Labute approximate surface area is 214 Å². The van der Waals surface area contributed by atoms with Crippen LogP contribution in [0.15, 0.2) is 36.4 Å². The third-order valence-corrected chi connectivity index (χ3v) is 7.23. The van der Waals surface area contributed by atoms with E-state index in [1.54, 1.807) is 44.2 Å². The van der Waals surface area contributed by atoms with Gasteiger partial charge in [-0.25, -0.2) is 8.42 Å². The van der Waals surface area contributed by atoms with Gasteiger partial charge in [-0.05, 0) is 43.7 Å². The number of halogens is 2. The summed E-state index contributed by atoms with van der Waals surface area (Å²) in [5.74, 6) is -0.0645. The highest BCUT2D eigenvalue weighted by Gasteiger charge is 2.30. The number of rotatable bonds is 9. The lowest BCUT2D eigenvalue weighted by atomic mass is 10.1. The van der Waals surface area contributed by atoms with Crippen LogP contribution in [-0.4, -0.2) is 63.7 Å². The summed E-state index contributed by atoms with van der Waals surface area (Å²) in [7, 11) is -3.86. The van der Waals surface area contributed by atoms with E-state index in [1.165, 1.54) is 11.0 Å². The number of likely N-dealkylation sites (N-methyl/N-ethyl adjacent to an activating group) is 1. The first kappa shape index (κ1) is 26.9. The van der Waals surface area contributed by atoms with Crippen LogP contribution in [0.2, 0.25) is 10.0 Å². The van der Waals surface area contributed by atoms with Crippen LogP contribution in [0, 0.1) is 0 Å². The Morgan fingerprint density at radius 3 is 2.37 bits per heavy atom. The van der Waals surface area contributed by atoms with Crippen LogP contribution >= 0.6 is 23.2 Å². The molecule has 2 aromatic carbocycles. The van der Waals surface area contributed by atoms with Crippen molar-refractivity contribution in [3.8, 4) is 11.5 Å². The van der Waals surface area contributed by atoms with Crippen LogP contribution in [0.25, 0.3) is 0 Å². The quantitative estimate of drug-likeness (QED) is 0.521. The SMILES string of the molecule is CCNC(=O)[C@@H](C)N(Cc1ccc(Cl)c(Cl)c1)C(=O)CN(c1ccc2c(c1)OCCO2)S(C)(=O)=O. The van der Waals surface area contributed by atoms with Gasteiger partial charge in [0.1, 0.15) is 25.8 Å². The van der Waals surface area contributed by atoms with Crippen LogP contribution in [0.3, 0.4) is 0 Å². The van der Waals surface area contributed by atoms with Gasteiger partial charge in [-0.1, -0.05) is 29.3 Å². The number of carbonyl (C=O) groups excluding carboxylic acids is 2. The zero-order valence-electron chi connectivity index (χ0n) is 19.6. The summed E-state index contributed by atoms with van der Waals surface area (Å²) in [6, 6.07) is 8.65. The molecule has 1 heterocycles. The first-order chi connectivity index (χ1) is 16.5. The van der Waals surface area contributed by atoms with Crippen molar-refractivity contribution in [3.63, 3.8) is 0 Å². The van der Waals surface area contributed by atoms with E-state index in [4.69, 9.17) is 32.7 Å². The molecule has 1 aliphatic rings. The second-order valence-electron chi connectivity index (χ2n) is 7.94. The van der Waals surface area contributed by atoms with Gasteiger partial charge in [0, 0.05) is 19.2 Å². The molecule has 0 aliphatic carbocycles. The molecule has 0 bridgehead atoms. The van der Waals surface area contributed by atoms with Gasteiger partial charge in [0.15, 0.2) is 11.5 Å². The number of fused-ring (bicyclic) bond motifs is 1. The van der Waals surface area contributed by atoms with E-state index >= 15 is 0 Å². The predicted octanol–water partition coefficient (Wildman–Crippen LogP) is 3.08. The molecule has 35 heavy (non-hydrogen) atoms. The van der Waals surface area contributed by atoms with Crippen LogP contribution in [0.4, 0.5) is 5.69 Å². The van der Waals surface area contributed by atoms with E-state index in [0.717, 1.165) is 10.6 Å². The number of benzene rings is 2. The summed E-state index contributed by atoms with van der Waals surface area (Å²) in [6.45, 7) is 3.94. The van der Waals surface area contributed by atoms with Gasteiger partial charge in [-0.2, -0.15) is 0 Å².